The van der Waals surface area contributed by atoms with Crippen LogP contribution in [-0.4, -0.2) is 92.0 Å². The van der Waals surface area contributed by atoms with Crippen LogP contribution in [0.3, 0.4) is 0 Å². The van der Waals surface area contributed by atoms with Gasteiger partial charge in [-0.05, 0) is 105 Å². The number of nitrogens with zero attached hydrogens (tertiary/aromatic N) is 3. The van der Waals surface area contributed by atoms with Crippen molar-refractivity contribution in [2.24, 2.45) is 0 Å². The second-order valence-corrected chi connectivity index (χ2v) is 16.7. The molecule has 0 spiro atoms. The fourth-order valence-electron chi connectivity index (χ4n) is 8.15. The van der Waals surface area contributed by atoms with Gasteiger partial charge >= 0.3 is 0 Å². The Morgan fingerprint density at radius 2 is 0.352 bits per heavy atom. The van der Waals surface area contributed by atoms with Crippen LogP contribution >= 0.6 is 0 Å². The maximum absolute atomic E-state index is 2.34. The van der Waals surface area contributed by atoms with Gasteiger partial charge in [0, 0.05) is 0 Å². The molecule has 3 nitrogen and oxygen atoms in total. The molecule has 6 heteroatoms. The molecule has 0 aromatic heterocycles. The number of unbranched alkanes of at least 4 members (excludes halogenated alkanes) is 16. The van der Waals surface area contributed by atoms with Crippen molar-refractivity contribution in [1.82, 2.24) is 0 Å². The molecule has 0 N–H and O–H groups in total. The van der Waals surface area contributed by atoms with E-state index in [4.69, 9.17) is 0 Å². The summed E-state index contributed by atoms with van der Waals surface area (Å²) in [5.41, 5.74) is 0. The van der Waals surface area contributed by atoms with Gasteiger partial charge in [-0.3, -0.25) is 0 Å². The minimum absolute atomic E-state index is 0. The first-order chi connectivity index (χ1) is 24.7. The third-order valence-electron chi connectivity index (χ3n) is 12.6. The van der Waals surface area contributed by atoms with E-state index in [0.29, 0.717) is 0 Å². The minimum Gasteiger partial charge on any atom is -1.00 e. The molecule has 0 saturated heterocycles. The molecular weight excluding hydrogens is 858 g/mol. The Bertz CT molecular complexity index is 536. The van der Waals surface area contributed by atoms with Crippen molar-refractivity contribution < 1.29 is 64.4 Å². The maximum Gasteiger partial charge on any atom is 0.0786 e. The smallest absolute Gasteiger partial charge is 0.0786 e. The quantitative estimate of drug-likeness (QED) is 0.0533. The summed E-state index contributed by atoms with van der Waals surface area (Å²) < 4.78 is 4.16. The highest BCUT2D eigenvalue weighted by Gasteiger charge is 2.26. The van der Waals surface area contributed by atoms with Crippen LogP contribution in [0.5, 0.6) is 0 Å². The molecule has 0 aliphatic rings. The average molecular weight is 967 g/mol. The third-order valence-corrected chi connectivity index (χ3v) is 12.6. The number of quaternary nitrogens is 3. The molecule has 54 heavy (non-hydrogen) atoms. The zero-order valence-electron chi connectivity index (χ0n) is 39.9. The Kier molecular flexibility index (Phi) is 62.7. The zero-order chi connectivity index (χ0) is 39.0. The van der Waals surface area contributed by atoms with E-state index in [2.05, 4.69) is 83.1 Å². The molecule has 0 fully saturated rings. The van der Waals surface area contributed by atoms with E-state index in [0.717, 1.165) is 0 Å². The predicted octanol–water partition coefficient (Wildman–Crippen LogP) is 6.02. The molecule has 0 saturated carbocycles. The molecule has 0 aromatic carbocycles. The zero-order valence-corrected chi connectivity index (χ0v) is 44.7. The molecule has 0 atom stereocenters. The van der Waals surface area contributed by atoms with E-state index in [1.807, 2.05) is 0 Å². The van der Waals surface area contributed by atoms with Crippen molar-refractivity contribution in [3.63, 3.8) is 0 Å². The van der Waals surface area contributed by atoms with Crippen molar-refractivity contribution in [3.8, 4) is 0 Å². The molecule has 0 bridgehead atoms. The molecule has 0 unspecified atom stereocenters. The molecule has 0 radical (unpaired) electrons. The van der Waals surface area contributed by atoms with Gasteiger partial charge in [0.1, 0.15) is 0 Å². The minimum atomic E-state index is 0. The lowest BCUT2D eigenvalue weighted by Crippen LogP contribution is -3.00. The fraction of sp³-hybridized carbons (Fsp3) is 1.00. The summed E-state index contributed by atoms with van der Waals surface area (Å²) in [7, 11) is 0. The van der Waals surface area contributed by atoms with Gasteiger partial charge in [0.25, 0.3) is 0 Å². The SMILES string of the molecule is CCCCCC[N+](CCCCCC)(CCCCCC)CCCCCC.CCCC[N+](CCCC)(CCCC)CCCC.CC[N+](CC)(CC)CC.[Br-].[Br-].[Br-]. The van der Waals surface area contributed by atoms with Crippen LogP contribution in [0.2, 0.25) is 0 Å². The van der Waals surface area contributed by atoms with Crippen LogP contribution in [0.4, 0.5) is 0 Å². The number of halogens is 3. The van der Waals surface area contributed by atoms with Crippen LogP contribution in [0, 0.1) is 0 Å². The van der Waals surface area contributed by atoms with E-state index >= 15 is 0 Å². The first kappa shape index (κ1) is 67.1. The van der Waals surface area contributed by atoms with Gasteiger partial charge in [-0.15, -0.1) is 0 Å². The molecule has 0 aliphatic carbocycles. The third kappa shape index (κ3) is 38.8. The summed E-state index contributed by atoms with van der Waals surface area (Å²) in [6, 6.07) is 0. The lowest BCUT2D eigenvalue weighted by Gasteiger charge is -2.39. The van der Waals surface area contributed by atoms with Crippen molar-refractivity contribution in [1.29, 1.82) is 0 Å². The molecule has 336 valence electrons. The van der Waals surface area contributed by atoms with Crippen molar-refractivity contribution in [2.45, 2.75) is 237 Å². The molecule has 0 rings (SSSR count). The van der Waals surface area contributed by atoms with Gasteiger partial charge in [0.2, 0.25) is 0 Å². The van der Waals surface area contributed by atoms with E-state index in [-0.39, 0.29) is 50.9 Å². The predicted molar refractivity (Wildman–Crippen MR) is 238 cm³/mol. The highest BCUT2D eigenvalue weighted by Crippen LogP contribution is 2.20. The second kappa shape index (κ2) is 50.5. The van der Waals surface area contributed by atoms with Crippen molar-refractivity contribution in [2.75, 3.05) is 78.5 Å². The number of hydrogen-bond donors (Lipinski definition) is 0. The van der Waals surface area contributed by atoms with Crippen molar-refractivity contribution >= 4 is 0 Å². The summed E-state index contributed by atoms with van der Waals surface area (Å²) in [5.74, 6) is 0. The van der Waals surface area contributed by atoms with Crippen LogP contribution in [0.1, 0.15) is 237 Å². The maximum atomic E-state index is 2.34. The van der Waals surface area contributed by atoms with Gasteiger partial charge in [-0.1, -0.05) is 132 Å². The Balaban J connectivity index is -0.000000173. The van der Waals surface area contributed by atoms with Crippen molar-refractivity contribution in [3.05, 3.63) is 0 Å². The molecule has 0 heterocycles. The summed E-state index contributed by atoms with van der Waals surface area (Å²) in [6.45, 7) is 44.4. The normalized spacial score (nSPS) is 11.3. The summed E-state index contributed by atoms with van der Waals surface area (Å²) in [5, 5.41) is 0. The fourth-order valence-corrected chi connectivity index (χ4v) is 8.15. The Morgan fingerprint density at radius 1 is 0.185 bits per heavy atom. The van der Waals surface area contributed by atoms with Crippen LogP contribution in [0.15, 0.2) is 0 Å². The Labute approximate surface area is 377 Å². The summed E-state index contributed by atoms with van der Waals surface area (Å²) in [4.78, 5) is 0. The second-order valence-electron chi connectivity index (χ2n) is 16.7. The first-order valence-corrected chi connectivity index (χ1v) is 24.3. The van der Waals surface area contributed by atoms with Gasteiger partial charge in [-0.25, -0.2) is 0 Å². The van der Waals surface area contributed by atoms with E-state index < -0.39 is 0 Å². The monoisotopic (exact) mass is 964 g/mol. The topological polar surface area (TPSA) is 0 Å². The summed E-state index contributed by atoms with van der Waals surface area (Å²) in [6.07, 6.45) is 33.9. The molecule has 0 aliphatic heterocycles. The van der Waals surface area contributed by atoms with Crippen LogP contribution in [-0.2, 0) is 0 Å². The van der Waals surface area contributed by atoms with Gasteiger partial charge in [-0.2, -0.15) is 0 Å². The van der Waals surface area contributed by atoms with E-state index in [9.17, 15) is 0 Å². The first-order valence-electron chi connectivity index (χ1n) is 24.3. The van der Waals surface area contributed by atoms with Crippen LogP contribution < -0.4 is 50.9 Å². The van der Waals surface area contributed by atoms with E-state index in [1.165, 1.54) is 246 Å². The Morgan fingerprint density at radius 3 is 0.481 bits per heavy atom. The molecule has 0 aromatic rings. The van der Waals surface area contributed by atoms with Gasteiger partial charge < -0.3 is 64.4 Å². The van der Waals surface area contributed by atoms with Gasteiger partial charge in [0.05, 0.1) is 78.5 Å². The van der Waals surface area contributed by atoms with Crippen LogP contribution in [0.25, 0.3) is 0 Å². The summed E-state index contributed by atoms with van der Waals surface area (Å²) >= 11 is 0. The molecular formula is C48H108Br3N3. The molecule has 0 amide bonds. The highest BCUT2D eigenvalue weighted by atomic mass is 79.9. The lowest BCUT2D eigenvalue weighted by atomic mass is 10.1. The standard InChI is InChI=1S/C24H52N.C16H36N.C8H20N.3BrH/c1-5-9-13-17-21-25(22-18-14-10-6-2,23-19-15-11-7-3)24-20-16-12-8-4;1-5-9-13-17(14-10-6-2,15-11-7-3)16-12-8-4;1-5-9(6-2,7-3)8-4;;;/h5-24H2,1-4H3;5-16H2,1-4H3;5-8H2,1-4H3;3*1H/q3*+1;;;/p-3. The number of rotatable bonds is 36. The average Bonchev–Trinajstić information content (AvgIpc) is 3.16. The highest BCUT2D eigenvalue weighted by molar-refractivity contribution is 4.54. The number of hydrogen-bond acceptors (Lipinski definition) is 0. The largest absolute Gasteiger partial charge is 1.00 e. The Hall–Kier alpha value is 1.32. The van der Waals surface area contributed by atoms with Gasteiger partial charge in [0.15, 0.2) is 0 Å². The van der Waals surface area contributed by atoms with E-state index in [1.54, 1.807) is 0 Å². The lowest BCUT2D eigenvalue weighted by molar-refractivity contribution is -0.929.